The number of carbonyl (C=O) groups excluding carboxylic acids is 2. The zero-order valence-electron chi connectivity index (χ0n) is 11.0. The molecule has 0 fully saturated rings. The minimum absolute atomic E-state index is 0.0740. The Bertz CT molecular complexity index is 452. The second kappa shape index (κ2) is 5.95. The van der Waals surface area contributed by atoms with Gasteiger partial charge < -0.3 is 15.2 Å². The molecule has 1 rings (SSSR count). The molecule has 0 aliphatic heterocycles. The molecule has 2 amide bonds. The first-order valence-electron chi connectivity index (χ1n) is 5.77. The van der Waals surface area contributed by atoms with Gasteiger partial charge in [0.05, 0.1) is 11.1 Å². The number of nitrogens with one attached hydrogen (secondary N) is 2. The Morgan fingerprint density at radius 3 is 2.44 bits per heavy atom. The number of rotatable bonds is 4. The average molecular weight is 269 g/mol. The van der Waals surface area contributed by atoms with Crippen LogP contribution in [0, 0.1) is 5.92 Å². The molecule has 100 valence electrons. The van der Waals surface area contributed by atoms with Crippen LogP contribution in [0.2, 0.25) is 0 Å². The van der Waals surface area contributed by atoms with Crippen molar-refractivity contribution in [1.82, 2.24) is 9.88 Å². The lowest BCUT2D eigenvalue weighted by Gasteiger charge is -2.07. The van der Waals surface area contributed by atoms with Crippen molar-refractivity contribution in [2.45, 2.75) is 26.1 Å². The van der Waals surface area contributed by atoms with Gasteiger partial charge in [-0.3, -0.25) is 9.59 Å². The summed E-state index contributed by atoms with van der Waals surface area (Å²) >= 11 is 4.10. The number of hydrogen-bond acceptors (Lipinski definition) is 3. The number of aryl methyl sites for hydroxylation is 1. The van der Waals surface area contributed by atoms with E-state index < -0.39 is 0 Å². The van der Waals surface area contributed by atoms with Crippen LogP contribution in [0.1, 0.15) is 31.3 Å². The number of thiol groups is 1. The highest BCUT2D eigenvalue weighted by Crippen LogP contribution is 2.14. The van der Waals surface area contributed by atoms with Crippen molar-refractivity contribution in [2.24, 2.45) is 13.0 Å². The standard InChI is InChI=1S/C12H19N3O2S/c1-7(2)11(16)14-9-5-10(15(4)6-9)12(17)13-8(3)18/h5-8,18H,1-4H3,(H,13,17)(H,14,16). The van der Waals surface area contributed by atoms with Crippen LogP contribution in [-0.2, 0) is 11.8 Å². The van der Waals surface area contributed by atoms with E-state index >= 15 is 0 Å². The Hall–Kier alpha value is -1.43. The lowest BCUT2D eigenvalue weighted by Crippen LogP contribution is -2.29. The van der Waals surface area contributed by atoms with E-state index in [1.807, 2.05) is 13.8 Å². The topological polar surface area (TPSA) is 63.1 Å². The maximum absolute atomic E-state index is 11.8. The first-order chi connectivity index (χ1) is 8.31. The third-order valence-electron chi connectivity index (χ3n) is 2.37. The van der Waals surface area contributed by atoms with Gasteiger partial charge in [0.25, 0.3) is 5.91 Å². The van der Waals surface area contributed by atoms with Gasteiger partial charge in [0.15, 0.2) is 0 Å². The van der Waals surface area contributed by atoms with Crippen LogP contribution in [-0.4, -0.2) is 21.8 Å². The van der Waals surface area contributed by atoms with Crippen molar-refractivity contribution in [1.29, 1.82) is 0 Å². The largest absolute Gasteiger partial charge is 0.344 e. The summed E-state index contributed by atoms with van der Waals surface area (Å²) in [5.41, 5.74) is 1.10. The summed E-state index contributed by atoms with van der Waals surface area (Å²) < 4.78 is 1.67. The summed E-state index contributed by atoms with van der Waals surface area (Å²) in [5, 5.41) is 5.21. The van der Waals surface area contributed by atoms with Gasteiger partial charge in [0, 0.05) is 19.2 Å². The smallest absolute Gasteiger partial charge is 0.268 e. The molecule has 0 bridgehead atoms. The summed E-state index contributed by atoms with van der Waals surface area (Å²) in [5.74, 6) is -0.389. The van der Waals surface area contributed by atoms with Gasteiger partial charge >= 0.3 is 0 Å². The summed E-state index contributed by atoms with van der Waals surface area (Å²) in [6.07, 6.45) is 1.71. The van der Waals surface area contributed by atoms with Crippen LogP contribution in [0.3, 0.4) is 0 Å². The predicted molar refractivity (Wildman–Crippen MR) is 74.8 cm³/mol. The molecule has 1 aromatic heterocycles. The van der Waals surface area contributed by atoms with Crippen molar-refractivity contribution in [2.75, 3.05) is 5.32 Å². The van der Waals surface area contributed by atoms with Crippen LogP contribution in [0.25, 0.3) is 0 Å². The van der Waals surface area contributed by atoms with Gasteiger partial charge in [0.2, 0.25) is 5.91 Å². The van der Waals surface area contributed by atoms with Gasteiger partial charge in [-0.15, -0.1) is 0 Å². The van der Waals surface area contributed by atoms with Crippen molar-refractivity contribution in [3.05, 3.63) is 18.0 Å². The zero-order chi connectivity index (χ0) is 13.9. The fourth-order valence-corrected chi connectivity index (χ4v) is 1.53. The fraction of sp³-hybridized carbons (Fsp3) is 0.500. The minimum Gasteiger partial charge on any atom is -0.344 e. The van der Waals surface area contributed by atoms with Crippen LogP contribution < -0.4 is 10.6 Å². The molecule has 5 nitrogen and oxygen atoms in total. The lowest BCUT2D eigenvalue weighted by molar-refractivity contribution is -0.118. The number of amides is 2. The monoisotopic (exact) mass is 269 g/mol. The van der Waals surface area contributed by atoms with Crippen molar-refractivity contribution < 1.29 is 9.59 Å². The first-order valence-corrected chi connectivity index (χ1v) is 6.29. The highest BCUT2D eigenvalue weighted by Gasteiger charge is 2.14. The molecule has 18 heavy (non-hydrogen) atoms. The van der Waals surface area contributed by atoms with Crippen molar-refractivity contribution >= 4 is 30.1 Å². The van der Waals surface area contributed by atoms with E-state index in [2.05, 4.69) is 23.3 Å². The Morgan fingerprint density at radius 2 is 1.94 bits per heavy atom. The van der Waals surface area contributed by atoms with Crippen molar-refractivity contribution in [3.8, 4) is 0 Å². The van der Waals surface area contributed by atoms with E-state index in [1.54, 1.807) is 30.8 Å². The molecule has 2 N–H and O–H groups in total. The second-order valence-electron chi connectivity index (χ2n) is 4.52. The van der Waals surface area contributed by atoms with E-state index in [9.17, 15) is 9.59 Å². The molecule has 0 aromatic carbocycles. The molecule has 6 heteroatoms. The van der Waals surface area contributed by atoms with E-state index in [4.69, 9.17) is 0 Å². The molecule has 1 aromatic rings. The van der Waals surface area contributed by atoms with Gasteiger partial charge in [-0.1, -0.05) is 13.8 Å². The molecule has 0 aliphatic rings. The average Bonchev–Trinajstić information content (AvgIpc) is 2.58. The minimum atomic E-state index is -0.221. The zero-order valence-corrected chi connectivity index (χ0v) is 11.9. The third kappa shape index (κ3) is 3.80. The highest BCUT2D eigenvalue weighted by atomic mass is 32.1. The molecular weight excluding hydrogens is 250 g/mol. The Labute approximate surface area is 112 Å². The number of nitrogens with zero attached hydrogens (tertiary/aromatic N) is 1. The van der Waals surface area contributed by atoms with E-state index in [0.29, 0.717) is 11.4 Å². The molecule has 1 unspecified atom stereocenters. The van der Waals surface area contributed by atoms with Crippen LogP contribution >= 0.6 is 12.6 Å². The normalized spacial score (nSPS) is 12.3. The fourth-order valence-electron chi connectivity index (χ4n) is 1.41. The highest BCUT2D eigenvalue weighted by molar-refractivity contribution is 7.80. The SMILES string of the molecule is CC(S)NC(=O)c1cc(NC(=O)C(C)C)cn1C. The van der Waals surface area contributed by atoms with Crippen molar-refractivity contribution in [3.63, 3.8) is 0 Å². The summed E-state index contributed by atoms with van der Waals surface area (Å²) in [4.78, 5) is 23.4. The Morgan fingerprint density at radius 1 is 1.33 bits per heavy atom. The molecule has 0 aliphatic carbocycles. The first kappa shape index (κ1) is 14.6. The number of carbonyl (C=O) groups is 2. The molecule has 1 heterocycles. The molecule has 0 saturated heterocycles. The molecule has 0 spiro atoms. The van der Waals surface area contributed by atoms with Gasteiger partial charge in [-0.05, 0) is 13.0 Å². The summed E-state index contributed by atoms with van der Waals surface area (Å²) in [7, 11) is 1.75. The molecule has 1 atom stereocenters. The molecule has 0 saturated carbocycles. The van der Waals surface area contributed by atoms with Crippen LogP contribution in [0.4, 0.5) is 5.69 Å². The second-order valence-corrected chi connectivity index (χ2v) is 5.29. The third-order valence-corrected chi connectivity index (χ3v) is 2.50. The van der Waals surface area contributed by atoms with Gasteiger partial charge in [-0.25, -0.2) is 0 Å². The van der Waals surface area contributed by atoms with E-state index in [-0.39, 0.29) is 23.1 Å². The number of aromatic nitrogens is 1. The van der Waals surface area contributed by atoms with Crippen LogP contribution in [0.15, 0.2) is 12.3 Å². The quantitative estimate of drug-likeness (QED) is 0.574. The van der Waals surface area contributed by atoms with Gasteiger partial charge in [0.1, 0.15) is 5.69 Å². The summed E-state index contributed by atoms with van der Waals surface area (Å²) in [6, 6.07) is 1.64. The lowest BCUT2D eigenvalue weighted by atomic mass is 10.2. The maximum atomic E-state index is 11.8. The molecule has 0 radical (unpaired) electrons. The number of hydrogen-bond donors (Lipinski definition) is 3. The Balaban J connectivity index is 2.82. The van der Waals surface area contributed by atoms with Gasteiger partial charge in [-0.2, -0.15) is 12.6 Å². The molecular formula is C12H19N3O2S. The van der Waals surface area contributed by atoms with E-state index in [0.717, 1.165) is 0 Å². The summed E-state index contributed by atoms with van der Waals surface area (Å²) in [6.45, 7) is 5.40. The maximum Gasteiger partial charge on any atom is 0.268 e. The van der Waals surface area contributed by atoms with E-state index in [1.165, 1.54) is 0 Å². The Kier molecular flexibility index (Phi) is 4.84. The van der Waals surface area contributed by atoms with Crippen LogP contribution in [0.5, 0.6) is 0 Å². The number of anilines is 1. The predicted octanol–water partition coefficient (Wildman–Crippen LogP) is 1.63.